The Morgan fingerprint density at radius 2 is 1.53 bits per heavy atom. The maximum atomic E-state index is 12.3. The first-order valence-electron chi connectivity index (χ1n) is 9.68. The fraction of sp³-hybridized carbons (Fsp3) is 0.737. The summed E-state index contributed by atoms with van der Waals surface area (Å²) in [6.07, 6.45) is -3.35. The van der Waals surface area contributed by atoms with Crippen LogP contribution in [0.1, 0.15) is 53.4 Å². The lowest BCUT2D eigenvalue weighted by molar-refractivity contribution is -0.294. The van der Waals surface area contributed by atoms with E-state index in [1.165, 1.54) is 6.92 Å². The second kappa shape index (κ2) is 9.88. The van der Waals surface area contributed by atoms with Crippen LogP contribution in [0.2, 0.25) is 0 Å². The van der Waals surface area contributed by atoms with Crippen molar-refractivity contribution in [1.29, 1.82) is 0 Å². The number of amides is 1. The third-order valence-electron chi connectivity index (χ3n) is 4.71. The first kappa shape index (κ1) is 23.6. The van der Waals surface area contributed by atoms with Gasteiger partial charge in [0.2, 0.25) is 5.91 Å². The molecular formula is C19H27NO10. The van der Waals surface area contributed by atoms with E-state index in [1.54, 1.807) is 0 Å². The van der Waals surface area contributed by atoms with Crippen molar-refractivity contribution in [1.82, 2.24) is 5.32 Å². The molecule has 0 aromatic carbocycles. The van der Waals surface area contributed by atoms with Crippen LogP contribution in [0.5, 0.6) is 0 Å². The van der Waals surface area contributed by atoms with E-state index >= 15 is 0 Å². The molecule has 2 fully saturated rings. The van der Waals surface area contributed by atoms with E-state index in [-0.39, 0.29) is 25.4 Å². The van der Waals surface area contributed by atoms with Crippen molar-refractivity contribution in [2.24, 2.45) is 0 Å². The molecule has 0 unspecified atom stereocenters. The van der Waals surface area contributed by atoms with Gasteiger partial charge in [0.15, 0.2) is 24.0 Å². The second-order valence-electron chi connectivity index (χ2n) is 7.28. The molecule has 0 radical (unpaired) electrons. The van der Waals surface area contributed by atoms with Crippen LogP contribution in [0.4, 0.5) is 0 Å². The molecule has 11 nitrogen and oxygen atoms in total. The molecule has 168 valence electrons. The topological polar surface area (TPSA) is 144 Å². The molecule has 1 N–H and O–H groups in total. The van der Waals surface area contributed by atoms with E-state index in [1.807, 2.05) is 0 Å². The van der Waals surface area contributed by atoms with Gasteiger partial charge in [-0.3, -0.25) is 24.0 Å². The van der Waals surface area contributed by atoms with Gasteiger partial charge >= 0.3 is 23.9 Å². The lowest BCUT2D eigenvalue weighted by Gasteiger charge is -2.51. The zero-order valence-corrected chi connectivity index (χ0v) is 17.4. The molecule has 2 aliphatic heterocycles. The summed E-state index contributed by atoms with van der Waals surface area (Å²) in [4.78, 5) is 59.1. The van der Waals surface area contributed by atoms with Gasteiger partial charge in [-0.2, -0.15) is 0 Å². The van der Waals surface area contributed by atoms with E-state index in [2.05, 4.69) is 5.32 Å². The lowest BCUT2D eigenvalue weighted by Crippen LogP contribution is -2.73. The van der Waals surface area contributed by atoms with Gasteiger partial charge in [-0.15, -0.1) is 0 Å². The van der Waals surface area contributed by atoms with Gasteiger partial charge in [0.05, 0.1) is 0 Å². The molecule has 5 atom stereocenters. The Morgan fingerprint density at radius 1 is 0.933 bits per heavy atom. The van der Waals surface area contributed by atoms with Gasteiger partial charge in [0.25, 0.3) is 0 Å². The molecule has 2 aliphatic rings. The van der Waals surface area contributed by atoms with Gasteiger partial charge in [0, 0.05) is 34.1 Å². The molecule has 1 spiro atoms. The number of ether oxygens (including phenoxy) is 5. The molecule has 2 rings (SSSR count). The van der Waals surface area contributed by atoms with Crippen molar-refractivity contribution >= 4 is 29.8 Å². The summed E-state index contributed by atoms with van der Waals surface area (Å²) in [7, 11) is 0. The SMILES string of the molecule is CC(=O)OC[C@H]1O[C@@]2(CCCCC(=O)N2)[C@H](OC(C)=O)[C@@H](OC(C)=O)[C@@H]1OC(C)=O. The van der Waals surface area contributed by atoms with Crippen molar-refractivity contribution in [3.05, 3.63) is 0 Å². The van der Waals surface area contributed by atoms with E-state index in [0.29, 0.717) is 12.8 Å². The summed E-state index contributed by atoms with van der Waals surface area (Å²) in [5.41, 5.74) is -1.55. The number of rotatable bonds is 5. The fourth-order valence-corrected chi connectivity index (χ4v) is 3.71. The Bertz CT molecular complexity index is 707. The molecule has 0 aromatic heterocycles. The van der Waals surface area contributed by atoms with Crippen LogP contribution in [0, 0.1) is 0 Å². The normalized spacial score (nSPS) is 31.1. The third-order valence-corrected chi connectivity index (χ3v) is 4.71. The molecule has 0 aromatic rings. The van der Waals surface area contributed by atoms with Crippen LogP contribution < -0.4 is 5.32 Å². The number of hydrogen-bond donors (Lipinski definition) is 1. The Labute approximate surface area is 173 Å². The monoisotopic (exact) mass is 429 g/mol. The standard InChI is InChI=1S/C19H27NO10/c1-10(21)26-9-14-16(27-11(2)22)17(28-12(3)23)18(29-13(4)24)19(30-14)8-6-5-7-15(25)20-19/h14,16-18H,5-9H2,1-4H3,(H,20,25)/t14-,16-,17+,18-,19+/m1/s1. The second-order valence-corrected chi connectivity index (χ2v) is 7.28. The minimum absolute atomic E-state index is 0.234. The van der Waals surface area contributed by atoms with Crippen LogP contribution in [0.25, 0.3) is 0 Å². The van der Waals surface area contributed by atoms with Gasteiger partial charge < -0.3 is 29.0 Å². The molecular weight excluding hydrogens is 402 g/mol. The van der Waals surface area contributed by atoms with Gasteiger partial charge in [-0.05, 0) is 19.3 Å². The summed E-state index contributed by atoms with van der Waals surface area (Å²) in [5, 5.41) is 2.73. The minimum atomic E-state index is -1.55. The first-order valence-corrected chi connectivity index (χ1v) is 9.68. The van der Waals surface area contributed by atoms with Crippen molar-refractivity contribution < 1.29 is 47.7 Å². The number of esters is 4. The molecule has 30 heavy (non-hydrogen) atoms. The lowest BCUT2D eigenvalue weighted by atomic mass is 9.87. The Kier molecular flexibility index (Phi) is 7.77. The highest BCUT2D eigenvalue weighted by molar-refractivity contribution is 5.77. The fourth-order valence-electron chi connectivity index (χ4n) is 3.71. The molecule has 1 amide bonds. The van der Waals surface area contributed by atoms with E-state index in [0.717, 1.165) is 20.8 Å². The van der Waals surface area contributed by atoms with Gasteiger partial charge in [-0.1, -0.05) is 0 Å². The minimum Gasteiger partial charge on any atom is -0.463 e. The van der Waals surface area contributed by atoms with Crippen LogP contribution in [-0.2, 0) is 47.7 Å². The smallest absolute Gasteiger partial charge is 0.303 e. The number of carbonyl (C=O) groups is 5. The highest BCUT2D eigenvalue weighted by atomic mass is 16.7. The quantitative estimate of drug-likeness (QED) is 0.473. The van der Waals surface area contributed by atoms with Crippen molar-refractivity contribution in [2.45, 2.75) is 83.5 Å². The molecule has 0 saturated carbocycles. The van der Waals surface area contributed by atoms with Gasteiger partial charge in [-0.25, -0.2) is 0 Å². The van der Waals surface area contributed by atoms with E-state index in [9.17, 15) is 24.0 Å². The molecule has 2 heterocycles. The molecule has 0 bridgehead atoms. The third kappa shape index (κ3) is 5.91. The molecule has 2 saturated heterocycles. The zero-order valence-electron chi connectivity index (χ0n) is 17.4. The van der Waals surface area contributed by atoms with E-state index < -0.39 is 54.0 Å². The summed E-state index contributed by atoms with van der Waals surface area (Å²) in [5.74, 6) is -3.10. The maximum Gasteiger partial charge on any atom is 0.303 e. The highest BCUT2D eigenvalue weighted by Crippen LogP contribution is 2.38. The number of nitrogens with one attached hydrogen (secondary N) is 1. The summed E-state index contributed by atoms with van der Waals surface area (Å²) in [6.45, 7) is 4.30. The highest BCUT2D eigenvalue weighted by Gasteiger charge is 2.60. The van der Waals surface area contributed by atoms with Crippen molar-refractivity contribution in [3.63, 3.8) is 0 Å². The van der Waals surface area contributed by atoms with E-state index in [4.69, 9.17) is 23.7 Å². The zero-order chi connectivity index (χ0) is 22.5. The first-order chi connectivity index (χ1) is 14.0. The maximum absolute atomic E-state index is 12.3. The Hall–Kier alpha value is -2.69. The largest absolute Gasteiger partial charge is 0.463 e. The average Bonchev–Trinajstić information content (AvgIpc) is 2.80. The van der Waals surface area contributed by atoms with Crippen molar-refractivity contribution in [2.75, 3.05) is 6.61 Å². The van der Waals surface area contributed by atoms with Crippen LogP contribution in [-0.4, -0.2) is 66.5 Å². The predicted molar refractivity (Wildman–Crippen MR) is 97.5 cm³/mol. The molecule has 11 heteroatoms. The van der Waals surface area contributed by atoms with Crippen molar-refractivity contribution in [3.8, 4) is 0 Å². The predicted octanol–water partition coefficient (Wildman–Crippen LogP) is 0.130. The van der Waals surface area contributed by atoms with Crippen LogP contribution in [0.3, 0.4) is 0 Å². The average molecular weight is 429 g/mol. The number of hydrogen-bond acceptors (Lipinski definition) is 10. The van der Waals surface area contributed by atoms with Gasteiger partial charge in [0.1, 0.15) is 12.7 Å². The Morgan fingerprint density at radius 3 is 2.10 bits per heavy atom. The number of carbonyl (C=O) groups excluding carboxylic acids is 5. The van der Waals surface area contributed by atoms with Crippen LogP contribution in [0.15, 0.2) is 0 Å². The Balaban J connectivity index is 2.54. The summed E-state index contributed by atoms with van der Waals surface area (Å²) in [6, 6.07) is 0. The van der Waals surface area contributed by atoms with Crippen LogP contribution >= 0.6 is 0 Å². The molecule has 0 aliphatic carbocycles. The summed E-state index contributed by atoms with van der Waals surface area (Å²) < 4.78 is 27.3. The summed E-state index contributed by atoms with van der Waals surface area (Å²) >= 11 is 0.